The van der Waals surface area contributed by atoms with Gasteiger partial charge in [0.25, 0.3) is 5.88 Å². The van der Waals surface area contributed by atoms with E-state index in [0.717, 1.165) is 11.8 Å². The molecule has 4 aliphatic carbocycles. The second-order valence-electron chi connectivity index (χ2n) is 6.31. The fourth-order valence-electron chi connectivity index (χ4n) is 4.64. The third-order valence-electron chi connectivity index (χ3n) is 5.12. The second kappa shape index (κ2) is 3.95. The summed E-state index contributed by atoms with van der Waals surface area (Å²) in [5.41, 5.74) is -0.0335. The van der Waals surface area contributed by atoms with Crippen molar-refractivity contribution in [2.45, 2.75) is 38.2 Å². The van der Waals surface area contributed by atoms with Crippen LogP contribution >= 0.6 is 0 Å². The highest BCUT2D eigenvalue weighted by atomic mass is 16.5. The molecule has 0 aromatic carbocycles. The normalized spacial score (nSPS) is 39.5. The van der Waals surface area contributed by atoms with Crippen LogP contribution in [0, 0.1) is 23.7 Å². The predicted molar refractivity (Wildman–Crippen MR) is 64.8 cm³/mol. The monoisotopic (exact) mass is 263 g/mol. The minimum Gasteiger partial charge on any atom is -0.476 e. The van der Waals surface area contributed by atoms with E-state index in [1.165, 1.54) is 32.1 Å². The Kier molecular flexibility index (Phi) is 2.34. The van der Waals surface area contributed by atoms with Crippen molar-refractivity contribution < 1.29 is 14.6 Å². The van der Waals surface area contributed by atoms with E-state index in [-0.39, 0.29) is 17.7 Å². The molecule has 0 unspecified atom stereocenters. The van der Waals surface area contributed by atoms with E-state index in [1.807, 2.05) is 0 Å². The van der Waals surface area contributed by atoms with Crippen LogP contribution in [0.5, 0.6) is 5.88 Å². The Labute approximate surface area is 110 Å². The minimum atomic E-state index is -1.07. The van der Waals surface area contributed by atoms with E-state index in [0.29, 0.717) is 11.8 Å². The number of nitrogens with one attached hydrogen (secondary N) is 1. The average Bonchev–Trinajstić information content (AvgIpc) is 2.81. The maximum atomic E-state index is 11.0. The zero-order chi connectivity index (χ0) is 13.0. The number of nitrogens with zero attached hydrogens (tertiary/aromatic N) is 2. The number of hydrogen-bond donors (Lipinski definition) is 2. The molecule has 0 saturated heterocycles. The summed E-state index contributed by atoms with van der Waals surface area (Å²) in [5, 5.41) is 18.8. The molecule has 6 nitrogen and oxygen atoms in total. The zero-order valence-electron chi connectivity index (χ0n) is 10.6. The van der Waals surface area contributed by atoms with Crippen molar-refractivity contribution in [3.8, 4) is 5.88 Å². The number of carbonyl (C=O) groups is 1. The highest BCUT2D eigenvalue weighted by molar-refractivity contribution is 5.87. The topological polar surface area (TPSA) is 88.1 Å². The van der Waals surface area contributed by atoms with Crippen molar-refractivity contribution in [1.29, 1.82) is 0 Å². The quantitative estimate of drug-likeness (QED) is 0.866. The van der Waals surface area contributed by atoms with Gasteiger partial charge in [-0.2, -0.15) is 0 Å². The molecular formula is C13H17N3O3. The molecule has 1 aromatic rings. The number of rotatable bonds is 3. The Morgan fingerprint density at radius 3 is 2.37 bits per heavy atom. The van der Waals surface area contributed by atoms with Crippen molar-refractivity contribution in [1.82, 2.24) is 15.4 Å². The molecule has 2 N–H and O–H groups in total. The first-order valence-corrected chi connectivity index (χ1v) is 7.01. The van der Waals surface area contributed by atoms with Crippen LogP contribution in [0.15, 0.2) is 0 Å². The van der Waals surface area contributed by atoms with E-state index >= 15 is 0 Å². The lowest BCUT2D eigenvalue weighted by molar-refractivity contribution is -0.0807. The first kappa shape index (κ1) is 11.3. The van der Waals surface area contributed by atoms with Crippen LogP contribution in [0.4, 0.5) is 0 Å². The van der Waals surface area contributed by atoms with Crippen LogP contribution < -0.4 is 4.74 Å². The summed E-state index contributed by atoms with van der Waals surface area (Å²) in [6.07, 6.45) is 6.46. The molecule has 5 rings (SSSR count). The maximum absolute atomic E-state index is 11.0. The number of aromatic carboxylic acids is 1. The number of H-pyrrole nitrogens is 1. The van der Waals surface area contributed by atoms with Gasteiger partial charge in [-0.05, 0) is 55.8 Å². The minimum absolute atomic E-state index is 0.0335. The van der Waals surface area contributed by atoms with Gasteiger partial charge in [-0.25, -0.2) is 9.89 Å². The SMILES string of the molecule is O=C(O)c1[nH]nnc1OC1C2CC3CC(C2)CC1C3. The van der Waals surface area contributed by atoms with Gasteiger partial charge in [-0.1, -0.05) is 10.3 Å². The van der Waals surface area contributed by atoms with Gasteiger partial charge < -0.3 is 9.84 Å². The molecular weight excluding hydrogens is 246 g/mol. The first-order valence-electron chi connectivity index (χ1n) is 7.01. The van der Waals surface area contributed by atoms with Crippen molar-refractivity contribution in [2.75, 3.05) is 0 Å². The Morgan fingerprint density at radius 1 is 1.16 bits per heavy atom. The van der Waals surface area contributed by atoms with Crippen LogP contribution in [0.3, 0.4) is 0 Å². The van der Waals surface area contributed by atoms with Crippen molar-refractivity contribution >= 4 is 5.97 Å². The van der Waals surface area contributed by atoms with Crippen molar-refractivity contribution in [3.63, 3.8) is 0 Å². The van der Waals surface area contributed by atoms with E-state index in [9.17, 15) is 4.79 Å². The van der Waals surface area contributed by atoms with Gasteiger partial charge in [0.2, 0.25) is 5.69 Å². The molecule has 102 valence electrons. The van der Waals surface area contributed by atoms with Crippen LogP contribution in [-0.2, 0) is 0 Å². The molecule has 19 heavy (non-hydrogen) atoms. The molecule has 4 fully saturated rings. The number of aromatic amines is 1. The molecule has 4 bridgehead atoms. The predicted octanol–water partition coefficient (Wildman–Crippen LogP) is 1.71. The fraction of sp³-hybridized carbons (Fsp3) is 0.769. The number of carboxylic acid groups (broad SMARTS) is 1. The summed E-state index contributed by atoms with van der Waals surface area (Å²) in [4.78, 5) is 11.0. The van der Waals surface area contributed by atoms with Gasteiger partial charge >= 0.3 is 5.97 Å². The molecule has 0 aliphatic heterocycles. The van der Waals surface area contributed by atoms with Crippen LogP contribution in [0.1, 0.15) is 42.6 Å². The molecule has 1 aromatic heterocycles. The largest absolute Gasteiger partial charge is 0.476 e. The third-order valence-corrected chi connectivity index (χ3v) is 5.12. The van der Waals surface area contributed by atoms with E-state index < -0.39 is 5.97 Å². The summed E-state index contributed by atoms with van der Waals surface area (Å²) in [5.74, 6) is 2.00. The van der Waals surface area contributed by atoms with E-state index in [4.69, 9.17) is 9.84 Å². The van der Waals surface area contributed by atoms with Gasteiger partial charge in [0.15, 0.2) is 0 Å². The molecule has 4 saturated carbocycles. The first-order chi connectivity index (χ1) is 9.20. The third kappa shape index (κ3) is 1.73. The Hall–Kier alpha value is -1.59. The number of hydrogen-bond acceptors (Lipinski definition) is 4. The Morgan fingerprint density at radius 2 is 1.79 bits per heavy atom. The Bertz CT molecular complexity index is 485. The Balaban J connectivity index is 1.57. The molecule has 6 heteroatoms. The highest BCUT2D eigenvalue weighted by Crippen LogP contribution is 2.54. The number of ether oxygens (including phenoxy) is 1. The number of aromatic nitrogens is 3. The average molecular weight is 263 g/mol. The van der Waals surface area contributed by atoms with Gasteiger partial charge in [-0.3, -0.25) is 0 Å². The highest BCUT2D eigenvalue weighted by Gasteiger charge is 2.49. The lowest BCUT2D eigenvalue weighted by atomic mass is 9.55. The van der Waals surface area contributed by atoms with Gasteiger partial charge in [0, 0.05) is 0 Å². The molecule has 4 aliphatic rings. The summed E-state index contributed by atoms with van der Waals surface area (Å²) < 4.78 is 5.94. The van der Waals surface area contributed by atoms with Gasteiger partial charge in [0.05, 0.1) is 0 Å². The summed E-state index contributed by atoms with van der Waals surface area (Å²) in [7, 11) is 0. The van der Waals surface area contributed by atoms with Crippen LogP contribution in [-0.4, -0.2) is 32.6 Å². The smallest absolute Gasteiger partial charge is 0.359 e. The number of carboxylic acids is 1. The van der Waals surface area contributed by atoms with E-state index in [2.05, 4.69) is 15.4 Å². The van der Waals surface area contributed by atoms with Crippen LogP contribution in [0.25, 0.3) is 0 Å². The second-order valence-corrected chi connectivity index (χ2v) is 6.31. The molecule has 1 heterocycles. The molecule has 0 radical (unpaired) electrons. The van der Waals surface area contributed by atoms with Crippen molar-refractivity contribution in [3.05, 3.63) is 5.69 Å². The maximum Gasteiger partial charge on any atom is 0.359 e. The van der Waals surface area contributed by atoms with E-state index in [1.54, 1.807) is 0 Å². The van der Waals surface area contributed by atoms with Gasteiger partial charge in [-0.15, -0.1) is 0 Å². The summed E-state index contributed by atoms with van der Waals surface area (Å²) in [6.45, 7) is 0. The summed E-state index contributed by atoms with van der Waals surface area (Å²) in [6, 6.07) is 0. The van der Waals surface area contributed by atoms with Crippen LogP contribution in [0.2, 0.25) is 0 Å². The lowest BCUT2D eigenvalue weighted by Crippen LogP contribution is -2.50. The standard InChI is InChI=1S/C13H17N3O3/c17-13(18)10-12(15-16-14-10)19-11-8-2-6-1-7(4-8)5-9(11)3-6/h6-9,11H,1-5H2,(H,17,18)(H,14,15,16). The van der Waals surface area contributed by atoms with Gasteiger partial charge in [0.1, 0.15) is 6.10 Å². The summed E-state index contributed by atoms with van der Waals surface area (Å²) >= 11 is 0. The molecule has 0 atom stereocenters. The zero-order valence-corrected chi connectivity index (χ0v) is 10.6. The molecule has 0 spiro atoms. The fourth-order valence-corrected chi connectivity index (χ4v) is 4.64. The lowest BCUT2D eigenvalue weighted by Gasteiger charge is -2.53. The van der Waals surface area contributed by atoms with Crippen molar-refractivity contribution in [2.24, 2.45) is 23.7 Å². The molecule has 0 amide bonds.